The lowest BCUT2D eigenvalue weighted by molar-refractivity contribution is -0.384. The van der Waals surface area contributed by atoms with Crippen LogP contribution in [0.25, 0.3) is 10.9 Å². The summed E-state index contributed by atoms with van der Waals surface area (Å²) in [6.07, 6.45) is 1.51. The number of nitro groups is 1. The van der Waals surface area contributed by atoms with Crippen LogP contribution in [0.3, 0.4) is 0 Å². The zero-order valence-corrected chi connectivity index (χ0v) is 12.0. The third-order valence-electron chi connectivity index (χ3n) is 3.67. The normalized spacial score (nSPS) is 22.5. The molecule has 1 N–H and O–H groups in total. The topological polar surface area (TPSA) is 84.2 Å². The first-order chi connectivity index (χ1) is 10.0. The van der Waals surface area contributed by atoms with E-state index in [9.17, 15) is 10.1 Å². The van der Waals surface area contributed by atoms with Gasteiger partial charge in [-0.2, -0.15) is 0 Å². The minimum absolute atomic E-state index is 0.0646. The van der Waals surface area contributed by atoms with Gasteiger partial charge in [-0.1, -0.05) is 0 Å². The summed E-state index contributed by atoms with van der Waals surface area (Å²) in [4.78, 5) is 21.3. The molecule has 0 amide bonds. The maximum atomic E-state index is 11.0. The second-order valence-electron chi connectivity index (χ2n) is 5.53. The number of aromatic nitrogens is 2. The average Bonchev–Trinajstić information content (AvgIpc) is 2.45. The van der Waals surface area contributed by atoms with Crippen LogP contribution in [0.4, 0.5) is 11.5 Å². The van der Waals surface area contributed by atoms with Gasteiger partial charge < -0.3 is 10.2 Å². The molecule has 2 heterocycles. The van der Waals surface area contributed by atoms with Gasteiger partial charge in [-0.15, -0.1) is 0 Å². The molecule has 0 radical (unpaired) electrons. The first-order valence-electron chi connectivity index (χ1n) is 6.95. The number of nitrogens with one attached hydrogen (secondary N) is 1. The van der Waals surface area contributed by atoms with Crippen LogP contribution in [0.5, 0.6) is 0 Å². The minimum atomic E-state index is -0.390. The van der Waals surface area contributed by atoms with Crippen LogP contribution < -0.4 is 10.2 Å². The molecular weight excluding hydrogens is 270 g/mol. The van der Waals surface area contributed by atoms with Gasteiger partial charge in [-0.25, -0.2) is 9.97 Å². The SMILES string of the molecule is CC1CN(c2ncnc3ccc([N+](=O)[O-])cc23)CC(C)N1. The molecule has 1 aliphatic heterocycles. The highest BCUT2D eigenvalue weighted by Gasteiger charge is 2.24. The number of benzene rings is 1. The van der Waals surface area contributed by atoms with Crippen LogP contribution in [0.15, 0.2) is 24.5 Å². The van der Waals surface area contributed by atoms with Gasteiger partial charge in [0.15, 0.2) is 0 Å². The Labute approximate surface area is 122 Å². The molecule has 2 aromatic rings. The molecule has 1 saturated heterocycles. The summed E-state index contributed by atoms with van der Waals surface area (Å²) < 4.78 is 0. The van der Waals surface area contributed by atoms with E-state index in [1.165, 1.54) is 12.4 Å². The Morgan fingerprint density at radius 2 is 2.00 bits per heavy atom. The molecule has 110 valence electrons. The Bertz CT molecular complexity index is 680. The minimum Gasteiger partial charge on any atom is -0.353 e. The summed E-state index contributed by atoms with van der Waals surface area (Å²) >= 11 is 0. The van der Waals surface area contributed by atoms with Gasteiger partial charge in [0.2, 0.25) is 0 Å². The Hall–Kier alpha value is -2.28. The van der Waals surface area contributed by atoms with Crippen LogP contribution >= 0.6 is 0 Å². The fourth-order valence-electron chi connectivity index (χ4n) is 2.90. The molecule has 1 aliphatic rings. The van der Waals surface area contributed by atoms with Gasteiger partial charge in [0.05, 0.1) is 10.4 Å². The lowest BCUT2D eigenvalue weighted by Crippen LogP contribution is -2.54. The Morgan fingerprint density at radius 1 is 1.29 bits per heavy atom. The molecule has 3 rings (SSSR count). The molecule has 0 spiro atoms. The largest absolute Gasteiger partial charge is 0.353 e. The van der Waals surface area contributed by atoms with Crippen molar-refractivity contribution < 1.29 is 4.92 Å². The van der Waals surface area contributed by atoms with E-state index < -0.39 is 0 Å². The predicted octanol–water partition coefficient (Wildman–Crippen LogP) is 1.72. The highest BCUT2D eigenvalue weighted by molar-refractivity contribution is 5.91. The van der Waals surface area contributed by atoms with E-state index in [2.05, 4.69) is 34.0 Å². The molecule has 2 unspecified atom stereocenters. The summed E-state index contributed by atoms with van der Waals surface area (Å²) in [5, 5.41) is 15.2. The van der Waals surface area contributed by atoms with E-state index >= 15 is 0 Å². The van der Waals surface area contributed by atoms with Crippen molar-refractivity contribution in [3.8, 4) is 0 Å². The van der Waals surface area contributed by atoms with Gasteiger partial charge in [-0.3, -0.25) is 10.1 Å². The monoisotopic (exact) mass is 287 g/mol. The first kappa shape index (κ1) is 13.7. The van der Waals surface area contributed by atoms with Gasteiger partial charge in [0, 0.05) is 42.7 Å². The lowest BCUT2D eigenvalue weighted by atomic mass is 10.1. The number of nitro benzene ring substituents is 1. The number of hydrogen-bond acceptors (Lipinski definition) is 6. The third kappa shape index (κ3) is 2.64. The molecule has 2 atom stereocenters. The van der Waals surface area contributed by atoms with E-state index in [1.807, 2.05) is 0 Å². The molecule has 1 fully saturated rings. The smallest absolute Gasteiger partial charge is 0.270 e. The van der Waals surface area contributed by atoms with Gasteiger partial charge in [0.25, 0.3) is 5.69 Å². The molecule has 21 heavy (non-hydrogen) atoms. The van der Waals surface area contributed by atoms with E-state index in [-0.39, 0.29) is 10.6 Å². The molecule has 0 saturated carbocycles. The quantitative estimate of drug-likeness (QED) is 0.669. The standard InChI is InChI=1S/C14H17N5O2/c1-9-6-18(7-10(2)17-9)14-12-5-11(19(20)21)3-4-13(12)15-8-16-14/h3-5,8-10,17H,6-7H2,1-2H3. The van der Waals surface area contributed by atoms with Crippen LogP contribution in [0.2, 0.25) is 0 Å². The maximum absolute atomic E-state index is 11.0. The molecule has 7 nitrogen and oxygen atoms in total. The average molecular weight is 287 g/mol. The van der Waals surface area contributed by atoms with Crippen molar-refractivity contribution in [2.45, 2.75) is 25.9 Å². The van der Waals surface area contributed by atoms with Crippen LogP contribution in [0, 0.1) is 10.1 Å². The first-order valence-corrected chi connectivity index (χ1v) is 6.95. The number of hydrogen-bond donors (Lipinski definition) is 1. The fraction of sp³-hybridized carbons (Fsp3) is 0.429. The Kier molecular flexibility index (Phi) is 3.42. The Morgan fingerprint density at radius 3 is 2.67 bits per heavy atom. The van der Waals surface area contributed by atoms with Crippen molar-refractivity contribution in [1.29, 1.82) is 0 Å². The second-order valence-corrected chi connectivity index (χ2v) is 5.53. The summed E-state index contributed by atoms with van der Waals surface area (Å²) in [6, 6.07) is 5.40. The summed E-state index contributed by atoms with van der Waals surface area (Å²) in [7, 11) is 0. The number of fused-ring (bicyclic) bond motifs is 1. The molecule has 1 aromatic carbocycles. The third-order valence-corrected chi connectivity index (χ3v) is 3.67. The maximum Gasteiger partial charge on any atom is 0.270 e. The van der Waals surface area contributed by atoms with Crippen molar-refractivity contribution in [1.82, 2.24) is 15.3 Å². The zero-order chi connectivity index (χ0) is 15.0. The highest BCUT2D eigenvalue weighted by Crippen LogP contribution is 2.27. The van der Waals surface area contributed by atoms with Crippen LogP contribution in [-0.2, 0) is 0 Å². The molecule has 0 aliphatic carbocycles. The number of nitrogens with zero attached hydrogens (tertiary/aromatic N) is 4. The van der Waals surface area contributed by atoms with Crippen molar-refractivity contribution in [3.63, 3.8) is 0 Å². The van der Waals surface area contributed by atoms with Crippen molar-refractivity contribution in [2.75, 3.05) is 18.0 Å². The molecule has 7 heteroatoms. The van der Waals surface area contributed by atoms with E-state index in [0.717, 1.165) is 29.8 Å². The summed E-state index contributed by atoms with van der Waals surface area (Å²) in [6.45, 7) is 5.88. The summed E-state index contributed by atoms with van der Waals surface area (Å²) in [5.74, 6) is 0.768. The van der Waals surface area contributed by atoms with E-state index in [4.69, 9.17) is 0 Å². The molecular formula is C14H17N5O2. The zero-order valence-electron chi connectivity index (χ0n) is 12.0. The second kappa shape index (κ2) is 5.25. The van der Waals surface area contributed by atoms with E-state index in [0.29, 0.717) is 12.1 Å². The number of non-ortho nitro benzene ring substituents is 1. The van der Waals surface area contributed by atoms with Crippen molar-refractivity contribution in [3.05, 3.63) is 34.6 Å². The van der Waals surface area contributed by atoms with Crippen LogP contribution in [-0.4, -0.2) is 40.1 Å². The Balaban J connectivity index is 2.08. The van der Waals surface area contributed by atoms with Gasteiger partial charge in [-0.05, 0) is 19.9 Å². The number of anilines is 1. The van der Waals surface area contributed by atoms with Gasteiger partial charge >= 0.3 is 0 Å². The lowest BCUT2D eigenvalue weighted by Gasteiger charge is -2.37. The summed E-state index contributed by atoms with van der Waals surface area (Å²) in [5.41, 5.74) is 0.791. The highest BCUT2D eigenvalue weighted by atomic mass is 16.6. The number of piperazine rings is 1. The van der Waals surface area contributed by atoms with Crippen LogP contribution in [0.1, 0.15) is 13.8 Å². The molecule has 0 bridgehead atoms. The fourth-order valence-corrected chi connectivity index (χ4v) is 2.90. The predicted molar refractivity (Wildman–Crippen MR) is 80.5 cm³/mol. The van der Waals surface area contributed by atoms with Gasteiger partial charge in [0.1, 0.15) is 12.1 Å². The molecule has 1 aromatic heterocycles. The van der Waals surface area contributed by atoms with Crippen molar-refractivity contribution in [2.24, 2.45) is 0 Å². The van der Waals surface area contributed by atoms with E-state index in [1.54, 1.807) is 12.1 Å². The van der Waals surface area contributed by atoms with Crippen molar-refractivity contribution >= 4 is 22.4 Å². The number of rotatable bonds is 2.